The highest BCUT2D eigenvalue weighted by molar-refractivity contribution is 9.10. The molecule has 26 heavy (non-hydrogen) atoms. The van der Waals surface area contributed by atoms with E-state index in [9.17, 15) is 10.1 Å². The largest absolute Gasteiger partial charge is 0.496 e. The number of nitro groups is 1. The molecule has 0 amide bonds. The van der Waals surface area contributed by atoms with E-state index in [1.54, 1.807) is 19.2 Å². The number of nitro benzene ring substituents is 1. The zero-order chi connectivity index (χ0) is 18.5. The molecule has 6 nitrogen and oxygen atoms in total. The second-order valence-corrected chi connectivity index (χ2v) is 7.26. The minimum atomic E-state index is -0.298. The van der Waals surface area contributed by atoms with Crippen LogP contribution in [0.15, 0.2) is 46.9 Å². The van der Waals surface area contributed by atoms with Crippen molar-refractivity contribution < 1.29 is 9.66 Å². The smallest absolute Gasteiger partial charge is 0.273 e. The fraction of sp³-hybridized carbons (Fsp3) is 0.368. The van der Waals surface area contributed by atoms with Gasteiger partial charge in [0.15, 0.2) is 0 Å². The summed E-state index contributed by atoms with van der Waals surface area (Å²) in [5.74, 6) is 0.836. The molecular formula is C19H22BrN3O3. The average molecular weight is 420 g/mol. The second-order valence-electron chi connectivity index (χ2n) is 6.41. The van der Waals surface area contributed by atoms with Crippen LogP contribution in [0.5, 0.6) is 5.75 Å². The predicted octanol–water partition coefficient (Wildman–Crippen LogP) is 3.68. The van der Waals surface area contributed by atoms with Crippen molar-refractivity contribution in [1.29, 1.82) is 0 Å². The molecule has 7 heteroatoms. The normalized spacial score (nSPS) is 15.8. The Morgan fingerprint density at radius 2 is 1.73 bits per heavy atom. The van der Waals surface area contributed by atoms with Crippen LogP contribution < -0.4 is 4.74 Å². The van der Waals surface area contributed by atoms with Crippen LogP contribution in [0.2, 0.25) is 0 Å². The number of ether oxygens (including phenoxy) is 1. The Kier molecular flexibility index (Phi) is 6.24. The van der Waals surface area contributed by atoms with Crippen LogP contribution in [0.1, 0.15) is 11.1 Å². The molecule has 0 unspecified atom stereocenters. The van der Waals surface area contributed by atoms with E-state index in [0.29, 0.717) is 6.54 Å². The lowest BCUT2D eigenvalue weighted by Gasteiger charge is -2.34. The van der Waals surface area contributed by atoms with E-state index in [1.165, 1.54) is 5.56 Å². The van der Waals surface area contributed by atoms with Gasteiger partial charge in [-0.3, -0.25) is 19.9 Å². The number of piperazine rings is 1. The third-order valence-electron chi connectivity index (χ3n) is 4.67. The summed E-state index contributed by atoms with van der Waals surface area (Å²) in [6, 6.07) is 13.2. The van der Waals surface area contributed by atoms with Crippen LogP contribution in [-0.2, 0) is 13.1 Å². The molecule has 0 bridgehead atoms. The third kappa shape index (κ3) is 4.60. The summed E-state index contributed by atoms with van der Waals surface area (Å²) in [4.78, 5) is 15.5. The van der Waals surface area contributed by atoms with Crippen molar-refractivity contribution in [3.8, 4) is 5.75 Å². The highest BCUT2D eigenvalue weighted by Crippen LogP contribution is 2.26. The SMILES string of the molecule is COc1ccc(CN2CCN(Cc3ccccc3[N+](=O)[O-])CC2)cc1Br. The fourth-order valence-corrected chi connectivity index (χ4v) is 3.82. The lowest BCUT2D eigenvalue weighted by molar-refractivity contribution is -0.385. The van der Waals surface area contributed by atoms with Crippen molar-refractivity contribution in [1.82, 2.24) is 9.80 Å². The van der Waals surface area contributed by atoms with E-state index in [0.717, 1.165) is 48.5 Å². The van der Waals surface area contributed by atoms with Crippen molar-refractivity contribution in [2.24, 2.45) is 0 Å². The summed E-state index contributed by atoms with van der Waals surface area (Å²) < 4.78 is 6.24. The van der Waals surface area contributed by atoms with Crippen molar-refractivity contribution in [3.05, 3.63) is 68.2 Å². The van der Waals surface area contributed by atoms with Gasteiger partial charge in [0.1, 0.15) is 5.75 Å². The first kappa shape index (κ1) is 18.8. The van der Waals surface area contributed by atoms with E-state index in [2.05, 4.69) is 37.9 Å². The average Bonchev–Trinajstić information content (AvgIpc) is 2.64. The Morgan fingerprint density at radius 1 is 1.08 bits per heavy atom. The molecule has 1 aliphatic heterocycles. The first-order valence-corrected chi connectivity index (χ1v) is 9.35. The van der Waals surface area contributed by atoms with Crippen molar-refractivity contribution in [2.45, 2.75) is 13.1 Å². The number of halogens is 1. The maximum absolute atomic E-state index is 11.2. The summed E-state index contributed by atoms with van der Waals surface area (Å²) >= 11 is 3.53. The van der Waals surface area contributed by atoms with E-state index in [-0.39, 0.29) is 10.6 Å². The summed E-state index contributed by atoms with van der Waals surface area (Å²) in [6.07, 6.45) is 0. The molecule has 1 saturated heterocycles. The molecule has 0 spiro atoms. The number of rotatable bonds is 6. The summed E-state index contributed by atoms with van der Waals surface area (Å²) in [6.45, 7) is 5.22. The van der Waals surface area contributed by atoms with Gasteiger partial charge in [0, 0.05) is 50.9 Å². The van der Waals surface area contributed by atoms with E-state index < -0.39 is 0 Å². The highest BCUT2D eigenvalue weighted by atomic mass is 79.9. The maximum Gasteiger partial charge on any atom is 0.273 e. The topological polar surface area (TPSA) is 58.8 Å². The molecule has 0 N–H and O–H groups in total. The number of methoxy groups -OCH3 is 1. The Bertz CT molecular complexity index is 776. The zero-order valence-electron chi connectivity index (χ0n) is 14.7. The van der Waals surface area contributed by atoms with Gasteiger partial charge in [-0.15, -0.1) is 0 Å². The molecule has 0 aromatic heterocycles. The van der Waals surface area contributed by atoms with Crippen LogP contribution in [0.3, 0.4) is 0 Å². The van der Waals surface area contributed by atoms with E-state index in [4.69, 9.17) is 4.74 Å². The summed E-state index contributed by atoms with van der Waals surface area (Å²) in [5, 5.41) is 11.2. The van der Waals surface area contributed by atoms with Crippen LogP contribution in [0, 0.1) is 10.1 Å². The van der Waals surface area contributed by atoms with Gasteiger partial charge < -0.3 is 4.74 Å². The van der Waals surface area contributed by atoms with Gasteiger partial charge in [-0.2, -0.15) is 0 Å². The molecule has 0 aliphatic carbocycles. The Labute approximate surface area is 161 Å². The van der Waals surface area contributed by atoms with Crippen LogP contribution in [0.4, 0.5) is 5.69 Å². The van der Waals surface area contributed by atoms with Crippen LogP contribution >= 0.6 is 15.9 Å². The standard InChI is InChI=1S/C19H22BrN3O3/c1-26-19-7-6-15(12-17(19)20)13-21-8-10-22(11-9-21)14-16-4-2-3-5-18(16)23(24)25/h2-7,12H,8-11,13-14H2,1H3. The predicted molar refractivity (Wildman–Crippen MR) is 104 cm³/mol. The van der Waals surface area contributed by atoms with E-state index in [1.807, 2.05) is 18.2 Å². The van der Waals surface area contributed by atoms with Crippen molar-refractivity contribution >= 4 is 21.6 Å². The Morgan fingerprint density at radius 3 is 2.35 bits per heavy atom. The summed E-state index contributed by atoms with van der Waals surface area (Å²) in [7, 11) is 1.66. The Hall–Kier alpha value is -1.96. The van der Waals surface area contributed by atoms with E-state index >= 15 is 0 Å². The number of benzene rings is 2. The van der Waals surface area contributed by atoms with Gasteiger partial charge in [0.05, 0.1) is 16.5 Å². The summed E-state index contributed by atoms with van der Waals surface area (Å²) in [5.41, 5.74) is 2.23. The minimum absolute atomic E-state index is 0.206. The van der Waals surface area contributed by atoms with Gasteiger partial charge >= 0.3 is 0 Å². The van der Waals surface area contributed by atoms with Gasteiger partial charge in [0.25, 0.3) is 5.69 Å². The number of hydrogen-bond acceptors (Lipinski definition) is 5. The van der Waals surface area contributed by atoms with Crippen LogP contribution in [0.25, 0.3) is 0 Å². The molecule has 0 saturated carbocycles. The fourth-order valence-electron chi connectivity index (χ4n) is 3.24. The first-order valence-electron chi connectivity index (χ1n) is 8.56. The van der Waals surface area contributed by atoms with Crippen LogP contribution in [-0.4, -0.2) is 48.0 Å². The molecule has 2 aromatic rings. The minimum Gasteiger partial charge on any atom is -0.496 e. The van der Waals surface area contributed by atoms with Crippen molar-refractivity contribution in [3.63, 3.8) is 0 Å². The molecule has 0 atom stereocenters. The Balaban J connectivity index is 1.55. The second kappa shape index (κ2) is 8.62. The van der Waals surface area contributed by atoms with Crippen molar-refractivity contribution in [2.75, 3.05) is 33.3 Å². The molecule has 1 heterocycles. The number of nitrogens with zero attached hydrogens (tertiary/aromatic N) is 3. The number of para-hydroxylation sites is 1. The molecule has 1 fully saturated rings. The van der Waals surface area contributed by atoms with Gasteiger partial charge in [-0.25, -0.2) is 0 Å². The molecule has 2 aromatic carbocycles. The third-order valence-corrected chi connectivity index (χ3v) is 5.29. The van der Waals surface area contributed by atoms with Gasteiger partial charge in [-0.05, 0) is 33.6 Å². The van der Waals surface area contributed by atoms with Gasteiger partial charge in [0.2, 0.25) is 0 Å². The molecule has 0 radical (unpaired) electrons. The molecule has 3 rings (SSSR count). The quantitative estimate of drug-likeness (QED) is 0.527. The molecular weight excluding hydrogens is 398 g/mol. The molecule has 1 aliphatic rings. The van der Waals surface area contributed by atoms with Gasteiger partial charge in [-0.1, -0.05) is 24.3 Å². The lowest BCUT2D eigenvalue weighted by atomic mass is 10.1. The molecule has 138 valence electrons. The zero-order valence-corrected chi connectivity index (χ0v) is 16.3. The monoisotopic (exact) mass is 419 g/mol. The number of hydrogen-bond donors (Lipinski definition) is 0. The lowest BCUT2D eigenvalue weighted by Crippen LogP contribution is -2.45. The highest BCUT2D eigenvalue weighted by Gasteiger charge is 2.20. The first-order chi connectivity index (χ1) is 12.6. The maximum atomic E-state index is 11.2.